The van der Waals surface area contributed by atoms with Crippen LogP contribution in [0.25, 0.3) is 10.9 Å². The Morgan fingerprint density at radius 2 is 1.81 bits per heavy atom. The van der Waals surface area contributed by atoms with Crippen LogP contribution in [0.3, 0.4) is 0 Å². The number of halogens is 3. The lowest BCUT2D eigenvalue weighted by Crippen LogP contribution is -2.40. The molecule has 2 amide bonds. The number of carbonyl (C=O) groups is 2. The Morgan fingerprint density at radius 3 is 2.56 bits per heavy atom. The van der Waals surface area contributed by atoms with E-state index in [0.29, 0.717) is 13.0 Å². The summed E-state index contributed by atoms with van der Waals surface area (Å²) < 4.78 is 50.0. The topological polar surface area (TPSA) is 114 Å². The molecule has 0 saturated heterocycles. The lowest BCUT2D eigenvalue weighted by molar-refractivity contribution is -0.145. The van der Waals surface area contributed by atoms with Crippen LogP contribution in [-0.2, 0) is 15.7 Å². The summed E-state index contributed by atoms with van der Waals surface area (Å²) >= 11 is 0. The first-order valence-electron chi connectivity index (χ1n) is 11.1. The van der Waals surface area contributed by atoms with Gasteiger partial charge in [0.1, 0.15) is 5.75 Å². The summed E-state index contributed by atoms with van der Waals surface area (Å²) in [6.45, 7) is 4.47. The number of hydrogen-bond donors (Lipinski definition) is 3. The van der Waals surface area contributed by atoms with Crippen molar-refractivity contribution in [1.82, 2.24) is 20.7 Å². The number of nitrogens with one attached hydrogen (secondary N) is 3. The van der Waals surface area contributed by atoms with Crippen molar-refractivity contribution in [2.75, 3.05) is 25.2 Å². The van der Waals surface area contributed by atoms with Gasteiger partial charge in [-0.1, -0.05) is 29.8 Å². The summed E-state index contributed by atoms with van der Waals surface area (Å²) in [6.07, 6.45) is -4.33. The lowest BCUT2D eigenvalue weighted by Gasteiger charge is -2.13. The first-order valence-corrected chi connectivity index (χ1v) is 11.1. The molecule has 0 radical (unpaired) electrons. The number of carbonyl (C=O) groups excluding carboxylic acids is 2. The van der Waals surface area contributed by atoms with Crippen LogP contribution >= 0.6 is 0 Å². The summed E-state index contributed by atoms with van der Waals surface area (Å²) in [6, 6.07) is 11.2. The number of para-hydroxylation sites is 1. The molecular formula is C24H26F3N5O4. The molecule has 0 aliphatic heterocycles. The zero-order chi connectivity index (χ0) is 26.1. The number of esters is 1. The molecule has 1 heterocycles. The molecule has 12 heteroatoms. The number of amides is 2. The molecule has 192 valence electrons. The first-order chi connectivity index (χ1) is 17.1. The molecule has 0 saturated carbocycles. The van der Waals surface area contributed by atoms with E-state index >= 15 is 0 Å². The number of alkyl halides is 3. The highest BCUT2D eigenvalue weighted by Gasteiger charge is 2.35. The van der Waals surface area contributed by atoms with E-state index in [4.69, 9.17) is 9.47 Å². The molecule has 9 nitrogen and oxygen atoms in total. The molecule has 1 aromatic heterocycles. The highest BCUT2D eigenvalue weighted by Crippen LogP contribution is 2.30. The fraction of sp³-hybridized carbons (Fsp3) is 0.333. The summed E-state index contributed by atoms with van der Waals surface area (Å²) in [4.78, 5) is 30.8. The van der Waals surface area contributed by atoms with E-state index in [1.807, 2.05) is 32.0 Å². The van der Waals surface area contributed by atoms with Crippen LogP contribution < -0.4 is 20.9 Å². The van der Waals surface area contributed by atoms with E-state index in [9.17, 15) is 22.8 Å². The van der Waals surface area contributed by atoms with Crippen LogP contribution in [0.4, 0.5) is 23.8 Å². The van der Waals surface area contributed by atoms with Crippen LogP contribution in [0, 0.1) is 13.8 Å². The standard InChI is InChI=1S/C24H26F3N5O4/c1-15-8-9-19(16(2)14-15)35-12-5-13-36-20(33)10-11-28-23(34)32-31-21-17-6-3-4-7-18(17)29-22(30-21)24(25,26)27/h3-4,6-9,14H,5,10-13H2,1-2H3,(H2,28,32,34)(H,29,30,31). The zero-order valence-electron chi connectivity index (χ0n) is 19.7. The van der Waals surface area contributed by atoms with Crippen molar-refractivity contribution >= 4 is 28.7 Å². The molecule has 0 aliphatic rings. The van der Waals surface area contributed by atoms with Crippen molar-refractivity contribution in [2.45, 2.75) is 32.9 Å². The van der Waals surface area contributed by atoms with E-state index in [-0.39, 0.29) is 36.3 Å². The minimum absolute atomic E-state index is 0.0380. The van der Waals surface area contributed by atoms with Gasteiger partial charge in [-0.3, -0.25) is 15.6 Å². The van der Waals surface area contributed by atoms with Crippen molar-refractivity contribution in [3.63, 3.8) is 0 Å². The Morgan fingerprint density at radius 1 is 1.03 bits per heavy atom. The fourth-order valence-corrected chi connectivity index (χ4v) is 3.20. The van der Waals surface area contributed by atoms with Gasteiger partial charge in [0.2, 0.25) is 5.82 Å². The molecule has 3 N–H and O–H groups in total. The van der Waals surface area contributed by atoms with Gasteiger partial charge in [0.05, 0.1) is 25.2 Å². The van der Waals surface area contributed by atoms with Gasteiger partial charge in [-0.15, -0.1) is 0 Å². The second-order valence-corrected chi connectivity index (χ2v) is 7.86. The highest BCUT2D eigenvalue weighted by atomic mass is 19.4. The molecular weight excluding hydrogens is 479 g/mol. The predicted octanol–water partition coefficient (Wildman–Crippen LogP) is 4.29. The third-order valence-electron chi connectivity index (χ3n) is 4.91. The third-order valence-corrected chi connectivity index (χ3v) is 4.91. The van der Waals surface area contributed by atoms with E-state index < -0.39 is 24.0 Å². The zero-order valence-corrected chi connectivity index (χ0v) is 19.7. The smallest absolute Gasteiger partial charge is 0.451 e. The largest absolute Gasteiger partial charge is 0.493 e. The second-order valence-electron chi connectivity index (χ2n) is 7.86. The number of benzene rings is 2. The van der Waals surface area contributed by atoms with Gasteiger partial charge < -0.3 is 14.8 Å². The van der Waals surface area contributed by atoms with Gasteiger partial charge in [-0.2, -0.15) is 13.2 Å². The van der Waals surface area contributed by atoms with Crippen molar-refractivity contribution in [1.29, 1.82) is 0 Å². The SMILES string of the molecule is Cc1ccc(OCCCOC(=O)CCNC(=O)NNc2nc(C(F)(F)F)nc3ccccc23)c(C)c1. The lowest BCUT2D eigenvalue weighted by atomic mass is 10.1. The number of hydrazine groups is 1. The number of nitrogens with zero attached hydrogens (tertiary/aromatic N) is 2. The van der Waals surface area contributed by atoms with Crippen LogP contribution in [0.5, 0.6) is 5.75 Å². The average Bonchev–Trinajstić information content (AvgIpc) is 2.82. The van der Waals surface area contributed by atoms with Gasteiger partial charge in [0.25, 0.3) is 0 Å². The molecule has 2 aromatic carbocycles. The maximum Gasteiger partial charge on any atom is 0.451 e. The molecule has 0 aliphatic carbocycles. The Bertz CT molecular complexity index is 1220. The van der Waals surface area contributed by atoms with Crippen LogP contribution in [-0.4, -0.2) is 41.7 Å². The maximum absolute atomic E-state index is 13.1. The molecule has 0 unspecified atom stereocenters. The Labute approximate surface area is 205 Å². The fourth-order valence-electron chi connectivity index (χ4n) is 3.20. The summed E-state index contributed by atoms with van der Waals surface area (Å²) in [5, 5.41) is 2.69. The molecule has 0 spiro atoms. The van der Waals surface area contributed by atoms with Crippen LogP contribution in [0.2, 0.25) is 0 Å². The van der Waals surface area contributed by atoms with Gasteiger partial charge in [-0.05, 0) is 37.6 Å². The molecule has 0 bridgehead atoms. The number of ether oxygens (including phenoxy) is 2. The normalized spacial score (nSPS) is 11.1. The molecule has 0 fully saturated rings. The molecule has 3 rings (SSSR count). The van der Waals surface area contributed by atoms with Gasteiger partial charge in [0, 0.05) is 18.4 Å². The summed E-state index contributed by atoms with van der Waals surface area (Å²) in [5.74, 6) is -1.29. The van der Waals surface area contributed by atoms with Crippen molar-refractivity contribution in [3.8, 4) is 5.75 Å². The summed E-state index contributed by atoms with van der Waals surface area (Å²) in [5.41, 5.74) is 6.80. The Kier molecular flexibility index (Phi) is 8.87. The number of urea groups is 1. The number of fused-ring (bicyclic) bond motifs is 1. The molecule has 3 aromatic rings. The Hall–Kier alpha value is -4.09. The quantitative estimate of drug-likeness (QED) is 0.214. The molecule has 36 heavy (non-hydrogen) atoms. The number of aromatic nitrogens is 2. The van der Waals surface area contributed by atoms with Crippen molar-refractivity contribution < 1.29 is 32.2 Å². The van der Waals surface area contributed by atoms with Crippen molar-refractivity contribution in [2.24, 2.45) is 0 Å². The number of anilines is 1. The van der Waals surface area contributed by atoms with Gasteiger partial charge >= 0.3 is 18.2 Å². The van der Waals surface area contributed by atoms with E-state index in [1.165, 1.54) is 18.2 Å². The van der Waals surface area contributed by atoms with Gasteiger partial charge in [0.15, 0.2) is 5.82 Å². The highest BCUT2D eigenvalue weighted by molar-refractivity contribution is 5.90. The summed E-state index contributed by atoms with van der Waals surface area (Å²) in [7, 11) is 0. The van der Waals surface area contributed by atoms with Crippen LogP contribution in [0.1, 0.15) is 29.8 Å². The van der Waals surface area contributed by atoms with Gasteiger partial charge in [-0.25, -0.2) is 14.8 Å². The predicted molar refractivity (Wildman–Crippen MR) is 126 cm³/mol. The minimum atomic E-state index is -4.76. The molecule has 0 atom stereocenters. The minimum Gasteiger partial charge on any atom is -0.493 e. The van der Waals surface area contributed by atoms with E-state index in [0.717, 1.165) is 16.9 Å². The monoisotopic (exact) mass is 505 g/mol. The van der Waals surface area contributed by atoms with E-state index in [2.05, 4.69) is 26.1 Å². The number of aryl methyl sites for hydroxylation is 2. The van der Waals surface area contributed by atoms with E-state index in [1.54, 1.807) is 6.07 Å². The third kappa shape index (κ3) is 7.72. The number of rotatable bonds is 10. The first kappa shape index (κ1) is 26.5. The Balaban J connectivity index is 1.36. The van der Waals surface area contributed by atoms with Crippen molar-refractivity contribution in [3.05, 3.63) is 59.4 Å². The number of hydrogen-bond acceptors (Lipinski definition) is 7. The average molecular weight is 505 g/mol. The van der Waals surface area contributed by atoms with Crippen LogP contribution in [0.15, 0.2) is 42.5 Å². The maximum atomic E-state index is 13.1. The second kappa shape index (κ2) is 12.0.